The summed E-state index contributed by atoms with van der Waals surface area (Å²) in [7, 11) is 1.60. The highest BCUT2D eigenvalue weighted by atomic mass is 32.1. The topological polar surface area (TPSA) is 89.3 Å². The van der Waals surface area contributed by atoms with Gasteiger partial charge in [0.2, 0.25) is 0 Å². The van der Waals surface area contributed by atoms with Crippen LogP contribution in [-0.4, -0.2) is 39.4 Å². The van der Waals surface area contributed by atoms with E-state index in [1.807, 2.05) is 30.3 Å². The lowest BCUT2D eigenvalue weighted by molar-refractivity contribution is 0.189. The molecule has 0 spiro atoms. The van der Waals surface area contributed by atoms with Crippen LogP contribution in [0.4, 0.5) is 5.69 Å². The molecule has 0 bridgehead atoms. The zero-order valence-electron chi connectivity index (χ0n) is 15.5. The van der Waals surface area contributed by atoms with Crippen molar-refractivity contribution in [1.29, 1.82) is 0 Å². The molecule has 144 valence electrons. The summed E-state index contributed by atoms with van der Waals surface area (Å²) < 4.78 is 7.26. The van der Waals surface area contributed by atoms with Gasteiger partial charge in [0.25, 0.3) is 5.56 Å². The number of hydrogen-bond donors (Lipinski definition) is 2. The Hall–Kier alpha value is -2.97. The first-order valence-electron chi connectivity index (χ1n) is 8.93. The molecule has 1 aromatic carbocycles. The first-order valence-corrected chi connectivity index (χ1v) is 9.75. The van der Waals surface area contributed by atoms with Crippen LogP contribution in [0.25, 0.3) is 26.1 Å². The van der Waals surface area contributed by atoms with E-state index in [-0.39, 0.29) is 11.7 Å². The summed E-state index contributed by atoms with van der Waals surface area (Å²) in [5.74, 6) is 0.727. The monoisotopic (exact) mass is 396 g/mol. The molecule has 7 nitrogen and oxygen atoms in total. The summed E-state index contributed by atoms with van der Waals surface area (Å²) >= 11 is 1.34. The van der Waals surface area contributed by atoms with Crippen LogP contribution in [0.2, 0.25) is 0 Å². The fourth-order valence-corrected chi connectivity index (χ4v) is 4.10. The van der Waals surface area contributed by atoms with E-state index >= 15 is 0 Å². The highest BCUT2D eigenvalue weighted by Crippen LogP contribution is 2.34. The summed E-state index contributed by atoms with van der Waals surface area (Å²) in [5, 5.41) is 13.6. The van der Waals surface area contributed by atoms with Crippen LogP contribution in [0.3, 0.4) is 0 Å². The Morgan fingerprint density at radius 2 is 2.04 bits per heavy atom. The van der Waals surface area contributed by atoms with Gasteiger partial charge in [-0.3, -0.25) is 9.36 Å². The van der Waals surface area contributed by atoms with Crippen molar-refractivity contribution in [2.45, 2.75) is 19.4 Å². The number of aromatic nitrogens is 3. The van der Waals surface area contributed by atoms with Gasteiger partial charge >= 0.3 is 0 Å². The Balaban J connectivity index is 1.80. The lowest BCUT2D eigenvalue weighted by Crippen LogP contribution is -2.17. The molecule has 3 aromatic heterocycles. The first-order chi connectivity index (χ1) is 13.6. The van der Waals surface area contributed by atoms with Gasteiger partial charge in [0, 0.05) is 18.4 Å². The van der Waals surface area contributed by atoms with Crippen molar-refractivity contribution in [3.05, 3.63) is 53.2 Å². The SMILES string of the molecule is COc1ccc(-n2cnc3c(sc4nccc(NCCC(C)O)c43)c2=O)cc1. The van der Waals surface area contributed by atoms with Gasteiger partial charge in [-0.2, -0.15) is 0 Å². The van der Waals surface area contributed by atoms with E-state index in [9.17, 15) is 9.90 Å². The van der Waals surface area contributed by atoms with E-state index in [0.717, 1.165) is 27.3 Å². The van der Waals surface area contributed by atoms with E-state index in [2.05, 4.69) is 15.3 Å². The molecule has 3 heterocycles. The third-order valence-electron chi connectivity index (χ3n) is 4.51. The maximum atomic E-state index is 13.1. The van der Waals surface area contributed by atoms with Crippen LogP contribution in [0.1, 0.15) is 13.3 Å². The fourth-order valence-electron chi connectivity index (χ4n) is 3.04. The molecule has 4 rings (SSSR count). The first kappa shape index (κ1) is 18.4. The Morgan fingerprint density at radius 3 is 2.75 bits per heavy atom. The van der Waals surface area contributed by atoms with E-state index < -0.39 is 0 Å². The number of ether oxygens (including phenoxy) is 1. The molecule has 0 fully saturated rings. The summed E-state index contributed by atoms with van der Waals surface area (Å²) in [6.45, 7) is 2.38. The lowest BCUT2D eigenvalue weighted by atomic mass is 10.2. The van der Waals surface area contributed by atoms with Crippen molar-refractivity contribution in [2.75, 3.05) is 19.0 Å². The molecule has 1 atom stereocenters. The predicted molar refractivity (Wildman–Crippen MR) is 112 cm³/mol. The smallest absolute Gasteiger partial charge is 0.275 e. The van der Waals surface area contributed by atoms with Gasteiger partial charge in [-0.05, 0) is 43.7 Å². The normalized spacial score (nSPS) is 12.4. The molecule has 0 saturated heterocycles. The zero-order valence-corrected chi connectivity index (χ0v) is 16.4. The summed E-state index contributed by atoms with van der Waals surface area (Å²) in [6.07, 6.45) is 3.51. The fraction of sp³-hybridized carbons (Fsp3) is 0.250. The number of thiophene rings is 1. The standard InChI is InChI=1S/C20H20N4O3S/c1-12(25)7-9-21-15-8-10-22-19-16(15)17-18(28-19)20(26)24(11-23-17)13-3-5-14(27-2)6-4-13/h3-6,8,10-12,25H,7,9H2,1-2H3,(H,21,22). The largest absolute Gasteiger partial charge is 0.497 e. The van der Waals surface area contributed by atoms with Crippen molar-refractivity contribution < 1.29 is 9.84 Å². The molecule has 0 aliphatic rings. The highest BCUT2D eigenvalue weighted by Gasteiger charge is 2.16. The van der Waals surface area contributed by atoms with Gasteiger partial charge in [0.1, 0.15) is 21.6 Å². The summed E-state index contributed by atoms with van der Waals surface area (Å²) in [4.78, 5) is 22.8. The Morgan fingerprint density at radius 1 is 1.25 bits per heavy atom. The second-order valence-electron chi connectivity index (χ2n) is 6.50. The maximum Gasteiger partial charge on any atom is 0.275 e. The van der Waals surface area contributed by atoms with Crippen LogP contribution >= 0.6 is 11.3 Å². The third-order valence-corrected chi connectivity index (χ3v) is 5.59. The molecule has 0 aliphatic carbocycles. The van der Waals surface area contributed by atoms with Crippen molar-refractivity contribution in [2.24, 2.45) is 0 Å². The second kappa shape index (κ2) is 7.57. The maximum absolute atomic E-state index is 13.1. The molecule has 4 aromatic rings. The number of anilines is 1. The van der Waals surface area contributed by atoms with Crippen molar-refractivity contribution in [3.8, 4) is 11.4 Å². The number of benzene rings is 1. The molecular weight excluding hydrogens is 376 g/mol. The molecule has 0 saturated carbocycles. The minimum Gasteiger partial charge on any atom is -0.497 e. The zero-order chi connectivity index (χ0) is 19.7. The number of aliphatic hydroxyl groups excluding tert-OH is 1. The average molecular weight is 396 g/mol. The number of methoxy groups -OCH3 is 1. The lowest BCUT2D eigenvalue weighted by Gasteiger charge is -2.09. The number of pyridine rings is 1. The number of rotatable bonds is 6. The molecule has 8 heteroatoms. The summed E-state index contributed by atoms with van der Waals surface area (Å²) in [6, 6.07) is 9.13. The van der Waals surface area contributed by atoms with Gasteiger partial charge in [-0.1, -0.05) is 0 Å². The minimum atomic E-state index is -0.376. The highest BCUT2D eigenvalue weighted by molar-refractivity contribution is 7.25. The third kappa shape index (κ3) is 3.32. The van der Waals surface area contributed by atoms with E-state index in [1.165, 1.54) is 15.9 Å². The molecule has 0 amide bonds. The number of nitrogens with one attached hydrogen (secondary N) is 1. The van der Waals surface area contributed by atoms with E-state index in [4.69, 9.17) is 4.74 Å². The van der Waals surface area contributed by atoms with Crippen molar-refractivity contribution >= 4 is 37.5 Å². The van der Waals surface area contributed by atoms with Crippen LogP contribution < -0.4 is 15.6 Å². The van der Waals surface area contributed by atoms with Gasteiger partial charge in [-0.25, -0.2) is 9.97 Å². The van der Waals surface area contributed by atoms with Crippen LogP contribution in [-0.2, 0) is 0 Å². The van der Waals surface area contributed by atoms with Crippen molar-refractivity contribution in [1.82, 2.24) is 14.5 Å². The van der Waals surface area contributed by atoms with Gasteiger partial charge in [0.15, 0.2) is 0 Å². The Labute approximate surface area is 165 Å². The van der Waals surface area contributed by atoms with Crippen LogP contribution in [0.15, 0.2) is 47.7 Å². The number of nitrogens with zero attached hydrogens (tertiary/aromatic N) is 3. The quantitative estimate of drug-likeness (QED) is 0.520. The van der Waals surface area contributed by atoms with Crippen LogP contribution in [0.5, 0.6) is 5.75 Å². The van der Waals surface area contributed by atoms with Gasteiger partial charge in [-0.15, -0.1) is 11.3 Å². The van der Waals surface area contributed by atoms with Crippen molar-refractivity contribution in [3.63, 3.8) is 0 Å². The minimum absolute atomic E-state index is 0.131. The van der Waals surface area contributed by atoms with E-state index in [1.54, 1.807) is 26.6 Å². The molecule has 1 unspecified atom stereocenters. The molecule has 28 heavy (non-hydrogen) atoms. The molecule has 0 radical (unpaired) electrons. The van der Waals surface area contributed by atoms with E-state index in [0.29, 0.717) is 23.2 Å². The molecule has 0 aliphatic heterocycles. The predicted octanol–water partition coefficient (Wildman–Crippen LogP) is 3.19. The number of hydrogen-bond acceptors (Lipinski definition) is 7. The molecular formula is C20H20N4O3S. The Kier molecular flexibility index (Phi) is 4.97. The summed E-state index contributed by atoms with van der Waals surface area (Å²) in [5.41, 5.74) is 2.10. The van der Waals surface area contributed by atoms with Gasteiger partial charge in [0.05, 0.1) is 29.8 Å². The van der Waals surface area contributed by atoms with Gasteiger partial charge < -0.3 is 15.2 Å². The number of aliphatic hydroxyl groups is 1. The Bertz CT molecular complexity index is 1180. The average Bonchev–Trinajstić information content (AvgIpc) is 3.09. The molecule has 2 N–H and O–H groups in total. The second-order valence-corrected chi connectivity index (χ2v) is 7.50. The van der Waals surface area contributed by atoms with Crippen LogP contribution in [0, 0.1) is 0 Å². The number of fused-ring (bicyclic) bond motifs is 3.